The Kier molecular flexibility index (Phi) is 2.60. The highest BCUT2D eigenvalue weighted by atomic mass is 32.1. The Labute approximate surface area is 74.6 Å². The molecule has 0 aliphatic carbocycles. The van der Waals surface area contributed by atoms with Crippen molar-refractivity contribution in [3.05, 3.63) is 29.6 Å². The molecule has 1 aromatic rings. The van der Waals surface area contributed by atoms with Crippen LogP contribution < -0.4 is 0 Å². The zero-order chi connectivity index (χ0) is 9.14. The van der Waals surface area contributed by atoms with E-state index in [9.17, 15) is 9.50 Å². The van der Waals surface area contributed by atoms with Crippen molar-refractivity contribution in [2.24, 2.45) is 0 Å². The smallest absolute Gasteiger partial charge is 0.194 e. The van der Waals surface area contributed by atoms with Crippen molar-refractivity contribution >= 4 is 17.3 Å². The maximum absolute atomic E-state index is 12.6. The number of aromatic hydroxyl groups is 1. The first kappa shape index (κ1) is 8.93. The van der Waals surface area contributed by atoms with Crippen molar-refractivity contribution in [2.75, 3.05) is 7.11 Å². The number of hydrogen-bond donors (Lipinski definition) is 1. The van der Waals surface area contributed by atoms with E-state index in [0.717, 1.165) is 12.1 Å². The van der Waals surface area contributed by atoms with Crippen LogP contribution in [0.15, 0.2) is 18.2 Å². The molecule has 0 atom stereocenters. The molecule has 0 unspecified atom stereocenters. The highest BCUT2D eigenvalue weighted by Gasteiger charge is 2.07. The Hall–Kier alpha value is -1.16. The first-order valence-electron chi connectivity index (χ1n) is 3.22. The second-order valence-corrected chi connectivity index (χ2v) is 2.52. The van der Waals surface area contributed by atoms with Gasteiger partial charge in [-0.2, -0.15) is 0 Å². The summed E-state index contributed by atoms with van der Waals surface area (Å²) in [4.78, 5) is 0. The SMILES string of the molecule is COC(=S)c1cc(F)ccc1O. The van der Waals surface area contributed by atoms with Gasteiger partial charge in [-0.05, 0) is 30.4 Å². The summed E-state index contributed by atoms with van der Waals surface area (Å²) in [6.45, 7) is 0. The lowest BCUT2D eigenvalue weighted by molar-refractivity contribution is 0.409. The first-order valence-corrected chi connectivity index (χ1v) is 3.63. The minimum Gasteiger partial charge on any atom is -0.507 e. The molecule has 0 heterocycles. The number of phenols is 1. The topological polar surface area (TPSA) is 29.5 Å². The molecule has 12 heavy (non-hydrogen) atoms. The van der Waals surface area contributed by atoms with Gasteiger partial charge in [-0.15, -0.1) is 0 Å². The fraction of sp³-hybridized carbons (Fsp3) is 0.125. The van der Waals surface area contributed by atoms with Gasteiger partial charge in [-0.25, -0.2) is 4.39 Å². The first-order chi connectivity index (χ1) is 5.65. The molecule has 0 saturated heterocycles. The van der Waals surface area contributed by atoms with Gasteiger partial charge in [0.25, 0.3) is 0 Å². The van der Waals surface area contributed by atoms with E-state index < -0.39 is 5.82 Å². The predicted octanol–water partition coefficient (Wildman–Crippen LogP) is 1.85. The fourth-order valence-electron chi connectivity index (χ4n) is 0.782. The number of benzene rings is 1. The number of methoxy groups -OCH3 is 1. The van der Waals surface area contributed by atoms with Gasteiger partial charge in [0, 0.05) is 0 Å². The van der Waals surface area contributed by atoms with Gasteiger partial charge >= 0.3 is 0 Å². The van der Waals surface area contributed by atoms with Crippen LogP contribution in [0.1, 0.15) is 5.56 Å². The van der Waals surface area contributed by atoms with Crippen LogP contribution in [0.5, 0.6) is 5.75 Å². The molecule has 0 aliphatic rings. The number of thiocarbonyl (C=S) groups is 1. The summed E-state index contributed by atoms with van der Waals surface area (Å²) in [7, 11) is 1.37. The second-order valence-electron chi connectivity index (χ2n) is 2.15. The molecule has 64 valence electrons. The van der Waals surface area contributed by atoms with E-state index in [0.29, 0.717) is 0 Å². The molecule has 4 heteroatoms. The van der Waals surface area contributed by atoms with Crippen molar-refractivity contribution in [3.63, 3.8) is 0 Å². The number of phenolic OH excluding ortho intramolecular Hbond substituents is 1. The number of halogens is 1. The van der Waals surface area contributed by atoms with Gasteiger partial charge in [0.05, 0.1) is 12.7 Å². The normalized spacial score (nSPS) is 9.50. The number of ether oxygens (including phenoxy) is 1. The molecular formula is C8H7FO2S. The summed E-state index contributed by atoms with van der Waals surface area (Å²) < 4.78 is 17.3. The van der Waals surface area contributed by atoms with Crippen LogP contribution in [0.25, 0.3) is 0 Å². The quantitative estimate of drug-likeness (QED) is 0.679. The second kappa shape index (κ2) is 3.49. The molecule has 0 aliphatic heterocycles. The van der Waals surface area contributed by atoms with Crippen LogP contribution in [0, 0.1) is 5.82 Å². The van der Waals surface area contributed by atoms with Crippen molar-refractivity contribution in [1.29, 1.82) is 0 Å². The highest BCUT2D eigenvalue weighted by molar-refractivity contribution is 7.80. The lowest BCUT2D eigenvalue weighted by atomic mass is 10.2. The summed E-state index contributed by atoms with van der Waals surface area (Å²) >= 11 is 4.72. The van der Waals surface area contributed by atoms with Gasteiger partial charge in [0.15, 0.2) is 5.05 Å². The van der Waals surface area contributed by atoms with E-state index in [1.54, 1.807) is 0 Å². The van der Waals surface area contributed by atoms with Gasteiger partial charge in [0.2, 0.25) is 0 Å². The third kappa shape index (κ3) is 1.71. The van der Waals surface area contributed by atoms with Gasteiger partial charge in [0.1, 0.15) is 11.6 Å². The van der Waals surface area contributed by atoms with Crippen LogP contribution in [-0.2, 0) is 4.74 Å². The van der Waals surface area contributed by atoms with E-state index in [2.05, 4.69) is 4.74 Å². The van der Waals surface area contributed by atoms with Crippen molar-refractivity contribution in [3.8, 4) is 5.75 Å². The molecule has 1 aromatic carbocycles. The van der Waals surface area contributed by atoms with Crippen LogP contribution in [-0.4, -0.2) is 17.3 Å². The Morgan fingerprint density at radius 3 is 2.83 bits per heavy atom. The Bertz CT molecular complexity index is 312. The van der Waals surface area contributed by atoms with Crippen LogP contribution in [0.4, 0.5) is 4.39 Å². The van der Waals surface area contributed by atoms with E-state index in [1.807, 2.05) is 0 Å². The molecule has 0 fully saturated rings. The number of hydrogen-bond acceptors (Lipinski definition) is 3. The lowest BCUT2D eigenvalue weighted by Gasteiger charge is -2.03. The molecule has 1 N–H and O–H groups in total. The third-order valence-electron chi connectivity index (χ3n) is 1.36. The maximum Gasteiger partial charge on any atom is 0.194 e. The standard InChI is InChI=1S/C8H7FO2S/c1-11-8(12)6-4-5(9)2-3-7(6)10/h2-4,10H,1H3. The molecule has 0 radical (unpaired) electrons. The average molecular weight is 186 g/mol. The van der Waals surface area contributed by atoms with E-state index >= 15 is 0 Å². The minimum absolute atomic E-state index is 0.0759. The van der Waals surface area contributed by atoms with Crippen molar-refractivity contribution in [1.82, 2.24) is 0 Å². The molecule has 0 spiro atoms. The van der Waals surface area contributed by atoms with Crippen LogP contribution in [0.3, 0.4) is 0 Å². The zero-order valence-corrected chi connectivity index (χ0v) is 7.19. The monoisotopic (exact) mass is 186 g/mol. The molecule has 2 nitrogen and oxygen atoms in total. The van der Waals surface area contributed by atoms with Crippen LogP contribution >= 0.6 is 12.2 Å². The summed E-state index contributed by atoms with van der Waals surface area (Å²) in [5, 5.41) is 9.28. The molecule has 1 rings (SSSR count). The average Bonchev–Trinajstić information content (AvgIpc) is 2.08. The Morgan fingerprint density at radius 1 is 1.58 bits per heavy atom. The zero-order valence-electron chi connectivity index (χ0n) is 6.37. The van der Waals surface area contributed by atoms with E-state index in [-0.39, 0.29) is 16.4 Å². The molecule has 0 bridgehead atoms. The van der Waals surface area contributed by atoms with Gasteiger partial charge in [-0.1, -0.05) is 0 Å². The van der Waals surface area contributed by atoms with E-state index in [4.69, 9.17) is 12.2 Å². The summed E-state index contributed by atoms with van der Waals surface area (Å²) in [5.74, 6) is -0.537. The predicted molar refractivity (Wildman–Crippen MR) is 46.8 cm³/mol. The lowest BCUT2D eigenvalue weighted by Crippen LogP contribution is -2.00. The maximum atomic E-state index is 12.6. The Morgan fingerprint density at radius 2 is 2.25 bits per heavy atom. The minimum atomic E-state index is -0.456. The van der Waals surface area contributed by atoms with Crippen molar-refractivity contribution in [2.45, 2.75) is 0 Å². The highest BCUT2D eigenvalue weighted by Crippen LogP contribution is 2.18. The summed E-state index contributed by atoms with van der Waals surface area (Å²) in [6, 6.07) is 3.51. The molecule has 0 saturated carbocycles. The van der Waals surface area contributed by atoms with Gasteiger partial charge in [-0.3, -0.25) is 0 Å². The fourth-order valence-corrected chi connectivity index (χ4v) is 0.945. The molecule has 0 aromatic heterocycles. The number of rotatable bonds is 1. The largest absolute Gasteiger partial charge is 0.507 e. The van der Waals surface area contributed by atoms with Crippen LogP contribution in [0.2, 0.25) is 0 Å². The molecule has 0 amide bonds. The van der Waals surface area contributed by atoms with Gasteiger partial charge < -0.3 is 9.84 Å². The third-order valence-corrected chi connectivity index (χ3v) is 1.75. The summed E-state index contributed by atoms with van der Waals surface area (Å²) in [6.07, 6.45) is 0. The summed E-state index contributed by atoms with van der Waals surface area (Å²) in [5.41, 5.74) is 0.201. The molecular weight excluding hydrogens is 179 g/mol. The van der Waals surface area contributed by atoms with E-state index in [1.165, 1.54) is 13.2 Å². The van der Waals surface area contributed by atoms with Crippen molar-refractivity contribution < 1.29 is 14.2 Å². The Balaban J connectivity index is 3.13.